The fourth-order valence-electron chi connectivity index (χ4n) is 0.898. The summed E-state index contributed by atoms with van der Waals surface area (Å²) in [7, 11) is 0. The highest BCUT2D eigenvalue weighted by atomic mass is 32.2. The first kappa shape index (κ1) is 8.25. The maximum atomic E-state index is 5.10. The molecule has 2 aromatic heterocycles. The topological polar surface area (TPSA) is 51.8 Å². The lowest BCUT2D eigenvalue weighted by Gasteiger charge is -1.95. The molecular weight excluding hydrogens is 186 g/mol. The first-order valence-corrected chi connectivity index (χ1v) is 4.88. The lowest BCUT2D eigenvalue weighted by atomic mass is 10.3. The number of thioether (sulfide) groups is 1. The van der Waals surface area contributed by atoms with Crippen LogP contribution in [0.3, 0.4) is 0 Å². The molecule has 0 aliphatic heterocycles. The van der Waals surface area contributed by atoms with Gasteiger partial charge in [0.25, 0.3) is 0 Å². The molecule has 0 saturated carbocycles. The van der Waals surface area contributed by atoms with Crippen LogP contribution in [0.2, 0.25) is 0 Å². The van der Waals surface area contributed by atoms with Gasteiger partial charge in [0, 0.05) is 12.4 Å². The fraction of sp³-hybridized carbons (Fsp3) is 0.125. The van der Waals surface area contributed by atoms with Gasteiger partial charge in [0.2, 0.25) is 5.89 Å². The standard InChI is InChI=1S/C8H7N3OS/c1-13-8-10-4-6(5-11-8)7-9-2-3-12-7/h2-5H,1H3. The molecule has 0 aliphatic rings. The van der Waals surface area contributed by atoms with Crippen molar-refractivity contribution in [1.82, 2.24) is 15.0 Å². The molecule has 0 aliphatic carbocycles. The van der Waals surface area contributed by atoms with Crippen LogP contribution >= 0.6 is 11.8 Å². The van der Waals surface area contributed by atoms with Crippen LogP contribution in [0.25, 0.3) is 11.5 Å². The second-order valence-electron chi connectivity index (χ2n) is 2.30. The Labute approximate surface area is 79.4 Å². The molecule has 0 fully saturated rings. The van der Waals surface area contributed by atoms with Crippen LogP contribution in [0.1, 0.15) is 0 Å². The zero-order valence-corrected chi connectivity index (χ0v) is 7.78. The van der Waals surface area contributed by atoms with Crippen LogP contribution in [0.15, 0.2) is 34.4 Å². The van der Waals surface area contributed by atoms with E-state index in [-0.39, 0.29) is 0 Å². The van der Waals surface area contributed by atoms with Gasteiger partial charge >= 0.3 is 0 Å². The molecule has 2 heterocycles. The van der Waals surface area contributed by atoms with Gasteiger partial charge in [-0.2, -0.15) is 0 Å². The summed E-state index contributed by atoms with van der Waals surface area (Å²) in [6.45, 7) is 0. The van der Waals surface area contributed by atoms with Gasteiger partial charge < -0.3 is 4.42 Å². The third kappa shape index (κ3) is 1.70. The Morgan fingerprint density at radius 2 is 2.00 bits per heavy atom. The van der Waals surface area contributed by atoms with Gasteiger partial charge in [-0.1, -0.05) is 11.8 Å². The summed E-state index contributed by atoms with van der Waals surface area (Å²) in [5.74, 6) is 0.549. The quantitative estimate of drug-likeness (QED) is 0.538. The SMILES string of the molecule is CSc1ncc(-c2ncco2)cn1. The Kier molecular flexibility index (Phi) is 2.27. The van der Waals surface area contributed by atoms with Crippen molar-refractivity contribution in [3.05, 3.63) is 24.9 Å². The van der Waals surface area contributed by atoms with Gasteiger partial charge in [-0.25, -0.2) is 15.0 Å². The van der Waals surface area contributed by atoms with Crippen molar-refractivity contribution >= 4 is 11.8 Å². The first-order chi connectivity index (χ1) is 6.40. The van der Waals surface area contributed by atoms with Crippen LogP contribution in [-0.2, 0) is 0 Å². The minimum Gasteiger partial charge on any atom is -0.444 e. The molecule has 2 rings (SSSR count). The summed E-state index contributed by atoms with van der Waals surface area (Å²) in [5.41, 5.74) is 0.794. The third-order valence-electron chi connectivity index (χ3n) is 1.49. The van der Waals surface area contributed by atoms with E-state index < -0.39 is 0 Å². The summed E-state index contributed by atoms with van der Waals surface area (Å²) in [6.07, 6.45) is 8.45. The van der Waals surface area contributed by atoms with Crippen molar-refractivity contribution in [2.75, 3.05) is 6.26 Å². The van der Waals surface area contributed by atoms with E-state index in [1.807, 2.05) is 6.26 Å². The number of oxazole rings is 1. The number of rotatable bonds is 2. The Morgan fingerprint density at radius 1 is 1.23 bits per heavy atom. The highest BCUT2D eigenvalue weighted by Crippen LogP contribution is 2.16. The van der Waals surface area contributed by atoms with Crippen molar-refractivity contribution in [2.24, 2.45) is 0 Å². The Morgan fingerprint density at radius 3 is 2.54 bits per heavy atom. The zero-order chi connectivity index (χ0) is 9.10. The molecule has 0 aromatic carbocycles. The summed E-state index contributed by atoms with van der Waals surface area (Å²) in [6, 6.07) is 0. The molecule has 0 amide bonds. The molecule has 5 heteroatoms. The zero-order valence-electron chi connectivity index (χ0n) is 6.97. The number of aromatic nitrogens is 3. The predicted octanol–water partition coefficient (Wildman–Crippen LogP) is 1.85. The Hall–Kier alpha value is -1.36. The van der Waals surface area contributed by atoms with Gasteiger partial charge in [0.1, 0.15) is 6.26 Å². The van der Waals surface area contributed by atoms with Crippen molar-refractivity contribution in [2.45, 2.75) is 5.16 Å². The van der Waals surface area contributed by atoms with Gasteiger partial charge in [0.05, 0.1) is 11.8 Å². The molecule has 0 spiro atoms. The summed E-state index contributed by atoms with van der Waals surface area (Å²) in [5, 5.41) is 0.746. The highest BCUT2D eigenvalue weighted by molar-refractivity contribution is 7.98. The Bertz CT molecular complexity index is 371. The lowest BCUT2D eigenvalue weighted by molar-refractivity contribution is 0.573. The van der Waals surface area contributed by atoms with Crippen LogP contribution in [0, 0.1) is 0 Å². The van der Waals surface area contributed by atoms with E-state index in [0.29, 0.717) is 5.89 Å². The van der Waals surface area contributed by atoms with Crippen LogP contribution < -0.4 is 0 Å². The number of hydrogen-bond donors (Lipinski definition) is 0. The van der Waals surface area contributed by atoms with Crippen LogP contribution in [0.4, 0.5) is 0 Å². The summed E-state index contributed by atoms with van der Waals surface area (Å²) in [4.78, 5) is 12.2. The monoisotopic (exact) mass is 193 g/mol. The molecule has 0 saturated heterocycles. The predicted molar refractivity (Wildman–Crippen MR) is 49.3 cm³/mol. The van der Waals surface area contributed by atoms with E-state index in [1.54, 1.807) is 18.6 Å². The second-order valence-corrected chi connectivity index (χ2v) is 3.07. The van der Waals surface area contributed by atoms with E-state index in [1.165, 1.54) is 18.0 Å². The summed E-state index contributed by atoms with van der Waals surface area (Å²) < 4.78 is 5.10. The molecule has 13 heavy (non-hydrogen) atoms. The second kappa shape index (κ2) is 3.57. The maximum absolute atomic E-state index is 5.10. The first-order valence-electron chi connectivity index (χ1n) is 3.66. The highest BCUT2D eigenvalue weighted by Gasteiger charge is 2.02. The van der Waals surface area contributed by atoms with E-state index >= 15 is 0 Å². The number of nitrogens with zero attached hydrogens (tertiary/aromatic N) is 3. The average molecular weight is 193 g/mol. The lowest BCUT2D eigenvalue weighted by Crippen LogP contribution is -1.86. The molecule has 2 aromatic rings. The van der Waals surface area contributed by atoms with Crippen molar-refractivity contribution in [3.8, 4) is 11.5 Å². The van der Waals surface area contributed by atoms with Gasteiger partial charge in [0.15, 0.2) is 5.16 Å². The van der Waals surface area contributed by atoms with Crippen molar-refractivity contribution in [3.63, 3.8) is 0 Å². The smallest absolute Gasteiger partial charge is 0.228 e. The maximum Gasteiger partial charge on any atom is 0.228 e. The molecule has 0 radical (unpaired) electrons. The van der Waals surface area contributed by atoms with Crippen LogP contribution in [0.5, 0.6) is 0 Å². The minimum absolute atomic E-state index is 0.549. The molecule has 0 atom stereocenters. The molecular formula is C8H7N3OS. The van der Waals surface area contributed by atoms with E-state index in [9.17, 15) is 0 Å². The number of hydrogen-bond acceptors (Lipinski definition) is 5. The van der Waals surface area contributed by atoms with Gasteiger partial charge in [-0.3, -0.25) is 0 Å². The van der Waals surface area contributed by atoms with Crippen molar-refractivity contribution < 1.29 is 4.42 Å². The van der Waals surface area contributed by atoms with E-state index in [4.69, 9.17) is 4.42 Å². The Balaban J connectivity index is 2.33. The molecule has 0 N–H and O–H groups in total. The minimum atomic E-state index is 0.549. The van der Waals surface area contributed by atoms with E-state index in [0.717, 1.165) is 10.7 Å². The molecule has 4 nitrogen and oxygen atoms in total. The molecule has 0 unspecified atom stereocenters. The van der Waals surface area contributed by atoms with Gasteiger partial charge in [-0.15, -0.1) is 0 Å². The largest absolute Gasteiger partial charge is 0.444 e. The van der Waals surface area contributed by atoms with Crippen molar-refractivity contribution in [1.29, 1.82) is 0 Å². The third-order valence-corrected chi connectivity index (χ3v) is 2.07. The summed E-state index contributed by atoms with van der Waals surface area (Å²) >= 11 is 1.50. The van der Waals surface area contributed by atoms with E-state index in [2.05, 4.69) is 15.0 Å². The van der Waals surface area contributed by atoms with Gasteiger partial charge in [-0.05, 0) is 6.26 Å². The van der Waals surface area contributed by atoms with Crippen LogP contribution in [-0.4, -0.2) is 21.2 Å². The average Bonchev–Trinajstić information content (AvgIpc) is 2.71. The fourth-order valence-corrected chi connectivity index (χ4v) is 1.21. The normalized spacial score (nSPS) is 10.2. The molecule has 0 bridgehead atoms. The molecule has 66 valence electrons.